The second-order valence-corrected chi connectivity index (χ2v) is 10.7. The minimum absolute atomic E-state index is 0.672. The third-order valence-corrected chi connectivity index (χ3v) is 8.26. The molecule has 0 spiro atoms. The maximum absolute atomic E-state index is 11.2. The molecule has 0 amide bonds. The molecule has 17 heteroatoms. The normalized spacial score (nSPS) is 56.1. The van der Waals surface area contributed by atoms with Crippen LogP contribution < -0.4 is 22.9 Å². The summed E-state index contributed by atoms with van der Waals surface area (Å²) >= 11 is 0. The van der Waals surface area contributed by atoms with Crippen molar-refractivity contribution in [2.75, 3.05) is 19.8 Å². The van der Waals surface area contributed by atoms with Gasteiger partial charge in [-0.05, 0) is 20.8 Å². The van der Waals surface area contributed by atoms with Crippen molar-refractivity contribution in [3.05, 3.63) is 0 Å². The van der Waals surface area contributed by atoms with E-state index in [0.717, 1.165) is 6.92 Å². The molecule has 3 aliphatic heterocycles. The van der Waals surface area contributed by atoms with E-state index in [-0.39, 0.29) is 0 Å². The lowest BCUT2D eigenvalue weighted by Gasteiger charge is -2.62. The van der Waals surface area contributed by atoms with E-state index in [4.69, 9.17) is 46.6 Å². The third-order valence-electron chi connectivity index (χ3n) is 8.26. The number of ether oxygens (including phenoxy) is 5. The molecular weight excluding hydrogens is 516 g/mol. The second-order valence-electron chi connectivity index (χ2n) is 10.7. The van der Waals surface area contributed by atoms with Gasteiger partial charge in [0.05, 0.1) is 37.4 Å². The van der Waals surface area contributed by atoms with E-state index in [2.05, 4.69) is 0 Å². The minimum atomic E-state index is -2.27. The molecule has 16 N–H and O–H groups in total. The lowest BCUT2D eigenvalue weighted by atomic mass is 9.65. The largest absolute Gasteiger partial charge is 0.394 e. The molecule has 38 heavy (non-hydrogen) atoms. The van der Waals surface area contributed by atoms with Crippen molar-refractivity contribution in [1.29, 1.82) is 0 Å². The standard InChI is InChI=1S/C21H42N4O13/c1-18(24)17(38-21(25,6-28)20(3,33)19(18,2)32)37-14-8(5-27)35-16(10(23)12(14)30)36-13-7(4-26)34-15(31)9(22)11(13)29/h7-17,26-33H,4-6,22-25H2,1-3H3/t7-,8-,9-,10-,11-,12-,13?,14?,15-,16+,17+,18+,19-,20+,21-/m1/s1. The predicted molar refractivity (Wildman–Crippen MR) is 124 cm³/mol. The topological polar surface area (TPSA) is 312 Å². The highest BCUT2D eigenvalue weighted by Crippen LogP contribution is 2.47. The molecule has 0 bridgehead atoms. The summed E-state index contributed by atoms with van der Waals surface area (Å²) in [4.78, 5) is 0. The molecule has 0 aliphatic carbocycles. The lowest BCUT2D eigenvalue weighted by Crippen LogP contribution is -2.87. The van der Waals surface area contributed by atoms with Crippen LogP contribution in [0.1, 0.15) is 20.8 Å². The molecule has 0 radical (unpaired) electrons. The van der Waals surface area contributed by atoms with E-state index in [0.29, 0.717) is 0 Å². The zero-order chi connectivity index (χ0) is 29.0. The second kappa shape index (κ2) is 11.0. The summed E-state index contributed by atoms with van der Waals surface area (Å²) < 4.78 is 28.0. The Hall–Kier alpha value is -0.680. The Morgan fingerprint density at radius 2 is 1.26 bits per heavy atom. The smallest absolute Gasteiger partial charge is 0.181 e. The van der Waals surface area contributed by atoms with Crippen molar-refractivity contribution in [2.24, 2.45) is 22.9 Å². The van der Waals surface area contributed by atoms with Crippen molar-refractivity contribution < 1.29 is 64.5 Å². The summed E-state index contributed by atoms with van der Waals surface area (Å²) in [5.74, 6) is 0. The Balaban J connectivity index is 1.83. The fourth-order valence-electron chi connectivity index (χ4n) is 4.90. The molecule has 3 rings (SSSR count). The number of hydrogen-bond donors (Lipinski definition) is 12. The third kappa shape index (κ3) is 4.88. The van der Waals surface area contributed by atoms with Crippen molar-refractivity contribution >= 4 is 0 Å². The fraction of sp³-hybridized carbons (Fsp3) is 1.00. The zero-order valence-corrected chi connectivity index (χ0v) is 21.4. The summed E-state index contributed by atoms with van der Waals surface area (Å²) in [5, 5.41) is 82.9. The first-order valence-electron chi connectivity index (χ1n) is 12.1. The summed E-state index contributed by atoms with van der Waals surface area (Å²) in [5.41, 5.74) is 15.6. The SMILES string of the molecule is C[C@]1(O)[C@](C)(O)[C@@](C)(N)[C@@H](OC2[C@@H](CO)O[C@@H](OC3[C@@H](CO)O[C@@H](O)[C@H](N)[C@H]3O)[C@H](N)[C@H]2O)O[C@]1(N)CO. The maximum Gasteiger partial charge on any atom is 0.181 e. The highest BCUT2D eigenvalue weighted by molar-refractivity contribution is 5.20. The number of rotatable bonds is 7. The molecule has 3 aliphatic rings. The average Bonchev–Trinajstić information content (AvgIpc) is 2.86. The van der Waals surface area contributed by atoms with Gasteiger partial charge in [-0.25, -0.2) is 0 Å². The van der Waals surface area contributed by atoms with Crippen LogP contribution in [0.15, 0.2) is 0 Å². The summed E-state index contributed by atoms with van der Waals surface area (Å²) in [7, 11) is 0. The molecule has 3 saturated heterocycles. The number of aliphatic hydroxyl groups excluding tert-OH is 6. The van der Waals surface area contributed by atoms with Gasteiger partial charge in [0.2, 0.25) is 0 Å². The molecule has 0 aromatic rings. The van der Waals surface area contributed by atoms with E-state index in [1.54, 1.807) is 0 Å². The van der Waals surface area contributed by atoms with Gasteiger partial charge >= 0.3 is 0 Å². The molecule has 224 valence electrons. The van der Waals surface area contributed by atoms with Crippen LogP contribution in [-0.4, -0.2) is 151 Å². The monoisotopic (exact) mass is 558 g/mol. The van der Waals surface area contributed by atoms with Crippen LogP contribution in [0.3, 0.4) is 0 Å². The quantitative estimate of drug-likeness (QED) is 0.138. The van der Waals surface area contributed by atoms with Crippen LogP contribution in [0.25, 0.3) is 0 Å². The first kappa shape index (κ1) is 31.8. The van der Waals surface area contributed by atoms with Crippen molar-refractivity contribution in [3.8, 4) is 0 Å². The molecule has 17 nitrogen and oxygen atoms in total. The Morgan fingerprint density at radius 1 is 0.763 bits per heavy atom. The Bertz CT molecular complexity index is 818. The number of aliphatic hydroxyl groups is 8. The Labute approximate surface area is 218 Å². The molecule has 3 fully saturated rings. The van der Waals surface area contributed by atoms with E-state index in [1.165, 1.54) is 13.8 Å². The van der Waals surface area contributed by atoms with Crippen LogP contribution in [0.4, 0.5) is 0 Å². The molecule has 0 aromatic heterocycles. The van der Waals surface area contributed by atoms with Gasteiger partial charge in [-0.15, -0.1) is 0 Å². The molecule has 2 unspecified atom stereocenters. The predicted octanol–water partition coefficient (Wildman–Crippen LogP) is -7.22. The van der Waals surface area contributed by atoms with Gasteiger partial charge in [0.15, 0.2) is 24.6 Å². The highest BCUT2D eigenvalue weighted by atomic mass is 16.7. The first-order chi connectivity index (χ1) is 17.4. The molecule has 3 heterocycles. The molecular formula is C21H42N4O13. The van der Waals surface area contributed by atoms with Gasteiger partial charge in [0.1, 0.15) is 47.8 Å². The number of hydrogen-bond acceptors (Lipinski definition) is 17. The van der Waals surface area contributed by atoms with Gasteiger partial charge in [-0.1, -0.05) is 0 Å². The van der Waals surface area contributed by atoms with E-state index in [9.17, 15) is 40.9 Å². The van der Waals surface area contributed by atoms with Crippen molar-refractivity contribution in [3.63, 3.8) is 0 Å². The van der Waals surface area contributed by atoms with E-state index in [1.807, 2.05) is 0 Å². The van der Waals surface area contributed by atoms with Crippen LogP contribution >= 0.6 is 0 Å². The molecule has 15 atom stereocenters. The first-order valence-corrected chi connectivity index (χ1v) is 12.1. The number of nitrogens with two attached hydrogens (primary N) is 4. The van der Waals surface area contributed by atoms with Crippen LogP contribution in [-0.2, 0) is 23.7 Å². The van der Waals surface area contributed by atoms with Gasteiger partial charge < -0.3 is 81.7 Å². The van der Waals surface area contributed by atoms with Crippen LogP contribution in [0.2, 0.25) is 0 Å². The summed E-state index contributed by atoms with van der Waals surface area (Å²) in [6, 6.07) is -2.69. The van der Waals surface area contributed by atoms with Gasteiger partial charge in [0, 0.05) is 0 Å². The molecule has 0 saturated carbocycles. The van der Waals surface area contributed by atoms with Crippen molar-refractivity contribution in [1.82, 2.24) is 0 Å². The summed E-state index contributed by atoms with van der Waals surface area (Å²) in [6.45, 7) is 1.21. The minimum Gasteiger partial charge on any atom is -0.394 e. The van der Waals surface area contributed by atoms with Gasteiger partial charge in [-0.3, -0.25) is 5.73 Å². The zero-order valence-electron chi connectivity index (χ0n) is 21.4. The van der Waals surface area contributed by atoms with E-state index < -0.39 is 110 Å². The van der Waals surface area contributed by atoms with Crippen molar-refractivity contribution in [2.45, 2.75) is 111 Å². The maximum atomic E-state index is 11.2. The Morgan fingerprint density at radius 3 is 1.79 bits per heavy atom. The molecule has 0 aromatic carbocycles. The van der Waals surface area contributed by atoms with E-state index >= 15 is 0 Å². The average molecular weight is 559 g/mol. The highest BCUT2D eigenvalue weighted by Gasteiger charge is 2.70. The van der Waals surface area contributed by atoms with Crippen LogP contribution in [0, 0.1) is 0 Å². The summed E-state index contributed by atoms with van der Waals surface area (Å²) in [6.07, 6.45) is -13.3. The lowest BCUT2D eigenvalue weighted by molar-refractivity contribution is -0.404. The van der Waals surface area contributed by atoms with Gasteiger partial charge in [-0.2, -0.15) is 0 Å². The van der Waals surface area contributed by atoms with Crippen LogP contribution in [0.5, 0.6) is 0 Å². The van der Waals surface area contributed by atoms with Gasteiger partial charge in [0.25, 0.3) is 0 Å². The fourth-order valence-corrected chi connectivity index (χ4v) is 4.90. The Kier molecular flexibility index (Phi) is 9.18.